The lowest BCUT2D eigenvalue weighted by Crippen LogP contribution is -2.21. The fraction of sp³-hybridized carbons (Fsp3) is 0.158. The zero-order valence-electron chi connectivity index (χ0n) is 12.4. The van der Waals surface area contributed by atoms with E-state index in [1.54, 1.807) is 0 Å². The Labute approximate surface area is 125 Å². The molecule has 3 aromatic rings. The average molecular weight is 276 g/mol. The van der Waals surface area contributed by atoms with Crippen LogP contribution >= 0.6 is 0 Å². The number of aromatic nitrogens is 1. The van der Waals surface area contributed by atoms with E-state index in [4.69, 9.17) is 0 Å². The van der Waals surface area contributed by atoms with Crippen LogP contribution in [0.4, 0.5) is 0 Å². The summed E-state index contributed by atoms with van der Waals surface area (Å²) >= 11 is 0. The van der Waals surface area contributed by atoms with Crippen LogP contribution in [0.15, 0.2) is 73.3 Å². The van der Waals surface area contributed by atoms with Crippen molar-refractivity contribution in [2.24, 2.45) is 0 Å². The van der Waals surface area contributed by atoms with Gasteiger partial charge in [-0.1, -0.05) is 61.2 Å². The molecule has 106 valence electrons. The molecule has 2 nitrogen and oxygen atoms in total. The highest BCUT2D eigenvalue weighted by Gasteiger charge is 2.10. The molecule has 0 atom stereocenters. The number of nitrogens with zero attached hydrogens (tertiary/aromatic N) is 2. The predicted molar refractivity (Wildman–Crippen MR) is 91.4 cm³/mol. The molecule has 0 saturated heterocycles. The van der Waals surface area contributed by atoms with Crippen LogP contribution in [0.5, 0.6) is 0 Å². The lowest BCUT2D eigenvalue weighted by molar-refractivity contribution is 0.306. The molecule has 0 bridgehead atoms. The Kier molecular flexibility index (Phi) is 3.89. The Morgan fingerprint density at radius 1 is 1.00 bits per heavy atom. The zero-order valence-corrected chi connectivity index (χ0v) is 12.4. The highest BCUT2D eigenvalue weighted by Crippen LogP contribution is 2.28. The summed E-state index contributed by atoms with van der Waals surface area (Å²) in [6.45, 7) is 5.48. The number of allylic oxidation sites excluding steroid dienone is 2. The minimum absolute atomic E-state index is 0.871. The third kappa shape index (κ3) is 2.63. The zero-order chi connectivity index (χ0) is 14.7. The smallest absolute Gasteiger partial charge is 0.0757 e. The molecule has 0 spiro atoms. The first-order valence-electron chi connectivity index (χ1n) is 7.23. The maximum absolute atomic E-state index is 3.70. The van der Waals surface area contributed by atoms with Gasteiger partial charge in [0.15, 0.2) is 0 Å². The molecule has 0 unspecified atom stereocenters. The largest absolute Gasteiger partial charge is 0.327 e. The molecular formula is C19H20N2. The summed E-state index contributed by atoms with van der Waals surface area (Å²) in [4.78, 5) is 2.29. The van der Waals surface area contributed by atoms with Gasteiger partial charge < -0.3 is 4.57 Å². The normalized spacial score (nSPS) is 11.9. The molecule has 1 heterocycles. The van der Waals surface area contributed by atoms with Gasteiger partial charge in [0.05, 0.1) is 17.7 Å². The van der Waals surface area contributed by atoms with Crippen molar-refractivity contribution >= 4 is 21.8 Å². The molecule has 2 heteroatoms. The van der Waals surface area contributed by atoms with Gasteiger partial charge >= 0.3 is 0 Å². The van der Waals surface area contributed by atoms with E-state index in [1.165, 1.54) is 21.8 Å². The minimum atomic E-state index is 0.871. The maximum Gasteiger partial charge on any atom is 0.0757 e. The van der Waals surface area contributed by atoms with Crippen molar-refractivity contribution in [1.29, 1.82) is 0 Å². The molecule has 0 radical (unpaired) electrons. The quantitative estimate of drug-likeness (QED) is 0.626. The summed E-state index contributed by atoms with van der Waals surface area (Å²) in [5, 5.41) is 2.64. The van der Waals surface area contributed by atoms with Crippen molar-refractivity contribution in [3.8, 4) is 0 Å². The lowest BCUT2D eigenvalue weighted by atomic mass is 10.2. The first kappa shape index (κ1) is 13.7. The first-order chi connectivity index (χ1) is 10.3. The standard InChI is InChI=1S/C19H20N2/c1-3-4-9-14-20(2)15-21-18-12-7-5-10-16(18)17-11-6-8-13-19(17)21/h3-13H,1,14-15H2,2H3/b9-4-. The van der Waals surface area contributed by atoms with Crippen LogP contribution in [0.1, 0.15) is 0 Å². The molecule has 0 amide bonds. The molecule has 21 heavy (non-hydrogen) atoms. The van der Waals surface area contributed by atoms with Crippen molar-refractivity contribution in [2.75, 3.05) is 13.6 Å². The number of rotatable bonds is 5. The van der Waals surface area contributed by atoms with E-state index in [0.29, 0.717) is 0 Å². The first-order valence-corrected chi connectivity index (χ1v) is 7.23. The van der Waals surface area contributed by atoms with E-state index in [0.717, 1.165) is 13.2 Å². The Morgan fingerprint density at radius 2 is 1.57 bits per heavy atom. The van der Waals surface area contributed by atoms with E-state index >= 15 is 0 Å². The molecule has 0 aliphatic heterocycles. The fourth-order valence-electron chi connectivity index (χ4n) is 2.79. The van der Waals surface area contributed by atoms with Gasteiger partial charge in [-0.3, -0.25) is 4.90 Å². The number of hydrogen-bond acceptors (Lipinski definition) is 1. The van der Waals surface area contributed by atoms with Gasteiger partial charge in [-0.25, -0.2) is 0 Å². The summed E-state index contributed by atoms with van der Waals surface area (Å²) in [5.74, 6) is 0. The van der Waals surface area contributed by atoms with Crippen LogP contribution in [-0.2, 0) is 6.67 Å². The molecule has 3 rings (SSSR count). The fourth-order valence-corrected chi connectivity index (χ4v) is 2.79. The number of fused-ring (bicyclic) bond motifs is 3. The van der Waals surface area contributed by atoms with E-state index < -0.39 is 0 Å². The van der Waals surface area contributed by atoms with Crippen molar-refractivity contribution < 1.29 is 0 Å². The van der Waals surface area contributed by atoms with Crippen LogP contribution < -0.4 is 0 Å². The molecule has 1 aromatic heterocycles. The summed E-state index contributed by atoms with van der Waals surface area (Å²) in [6, 6.07) is 17.2. The third-order valence-corrected chi connectivity index (χ3v) is 3.75. The van der Waals surface area contributed by atoms with Crippen LogP contribution in [-0.4, -0.2) is 23.1 Å². The van der Waals surface area contributed by atoms with Gasteiger partial charge in [-0.2, -0.15) is 0 Å². The average Bonchev–Trinajstić information content (AvgIpc) is 2.83. The number of para-hydroxylation sites is 2. The van der Waals surface area contributed by atoms with E-state index in [1.807, 2.05) is 12.2 Å². The van der Waals surface area contributed by atoms with Crippen molar-refractivity contribution in [3.63, 3.8) is 0 Å². The molecular weight excluding hydrogens is 256 g/mol. The van der Waals surface area contributed by atoms with Gasteiger partial charge in [-0.05, 0) is 19.2 Å². The minimum Gasteiger partial charge on any atom is -0.327 e. The Balaban J connectivity index is 2.03. The highest BCUT2D eigenvalue weighted by molar-refractivity contribution is 6.07. The van der Waals surface area contributed by atoms with Crippen LogP contribution in [0, 0.1) is 0 Å². The maximum atomic E-state index is 3.70. The second kappa shape index (κ2) is 5.98. The van der Waals surface area contributed by atoms with E-state index in [2.05, 4.69) is 77.7 Å². The van der Waals surface area contributed by atoms with E-state index in [-0.39, 0.29) is 0 Å². The van der Waals surface area contributed by atoms with Crippen molar-refractivity contribution in [2.45, 2.75) is 6.67 Å². The molecule has 0 N–H and O–H groups in total. The molecule has 0 aliphatic carbocycles. The summed E-state index contributed by atoms with van der Waals surface area (Å²) in [7, 11) is 2.14. The molecule has 2 aromatic carbocycles. The second-order valence-electron chi connectivity index (χ2n) is 5.31. The number of likely N-dealkylation sites (N-methyl/N-ethyl adjacent to an activating group) is 1. The van der Waals surface area contributed by atoms with Crippen LogP contribution in [0.3, 0.4) is 0 Å². The molecule has 0 fully saturated rings. The predicted octanol–water partition coefficient (Wildman–Crippen LogP) is 4.43. The SMILES string of the molecule is C=C/C=C\CN(C)Cn1c2ccccc2c2ccccc21. The number of hydrogen-bond donors (Lipinski definition) is 0. The van der Waals surface area contributed by atoms with Crippen LogP contribution in [0.25, 0.3) is 21.8 Å². The highest BCUT2D eigenvalue weighted by atomic mass is 15.2. The van der Waals surface area contributed by atoms with E-state index in [9.17, 15) is 0 Å². The lowest BCUT2D eigenvalue weighted by Gasteiger charge is -2.17. The van der Waals surface area contributed by atoms with Crippen molar-refractivity contribution in [1.82, 2.24) is 9.47 Å². The Bertz CT molecular complexity index is 742. The van der Waals surface area contributed by atoms with Gasteiger partial charge in [0, 0.05) is 17.3 Å². The Morgan fingerprint density at radius 3 is 2.14 bits per heavy atom. The van der Waals surface area contributed by atoms with Gasteiger partial charge in [0.25, 0.3) is 0 Å². The van der Waals surface area contributed by atoms with Crippen molar-refractivity contribution in [3.05, 3.63) is 73.3 Å². The van der Waals surface area contributed by atoms with Gasteiger partial charge in [-0.15, -0.1) is 0 Å². The monoisotopic (exact) mass is 276 g/mol. The number of benzene rings is 2. The molecule has 0 saturated carbocycles. The molecule has 0 aliphatic rings. The van der Waals surface area contributed by atoms with Gasteiger partial charge in [0.1, 0.15) is 0 Å². The summed E-state index contributed by atoms with van der Waals surface area (Å²) in [5.41, 5.74) is 2.58. The summed E-state index contributed by atoms with van der Waals surface area (Å²) in [6.07, 6.45) is 5.93. The third-order valence-electron chi connectivity index (χ3n) is 3.75. The second-order valence-corrected chi connectivity index (χ2v) is 5.31. The Hall–Kier alpha value is -2.32. The van der Waals surface area contributed by atoms with Gasteiger partial charge in [0.2, 0.25) is 0 Å². The topological polar surface area (TPSA) is 8.17 Å². The van der Waals surface area contributed by atoms with Crippen LogP contribution in [0.2, 0.25) is 0 Å². The summed E-state index contributed by atoms with van der Waals surface area (Å²) < 4.78 is 2.38.